The Hall–Kier alpha value is -1.35. The van der Waals surface area contributed by atoms with E-state index >= 15 is 0 Å². The van der Waals surface area contributed by atoms with Gasteiger partial charge in [-0.25, -0.2) is 0 Å². The zero-order valence-electron chi connectivity index (χ0n) is 7.32. The molecule has 3 heteroatoms. The van der Waals surface area contributed by atoms with Gasteiger partial charge in [-0.2, -0.15) is 0 Å². The van der Waals surface area contributed by atoms with Crippen LogP contribution in [0.15, 0.2) is 29.6 Å². The lowest BCUT2D eigenvalue weighted by Gasteiger charge is -1.99. The Morgan fingerprint density at radius 1 is 1.31 bits per heavy atom. The predicted molar refractivity (Wildman–Crippen MR) is 56.7 cm³/mol. The first kappa shape index (κ1) is 8.26. The summed E-state index contributed by atoms with van der Waals surface area (Å²) >= 11 is 1.62. The van der Waals surface area contributed by atoms with Crippen LogP contribution < -0.4 is 5.73 Å². The van der Waals surface area contributed by atoms with Crippen molar-refractivity contribution in [2.45, 2.75) is 6.92 Å². The highest BCUT2D eigenvalue weighted by atomic mass is 32.1. The molecule has 0 radical (unpaired) electrons. The van der Waals surface area contributed by atoms with Crippen molar-refractivity contribution in [3.63, 3.8) is 0 Å². The smallest absolute Gasteiger partial charge is 0.0825 e. The van der Waals surface area contributed by atoms with Crippen LogP contribution in [0.2, 0.25) is 0 Å². The Morgan fingerprint density at radius 2 is 2.15 bits per heavy atom. The number of hydrogen-bond acceptors (Lipinski definition) is 3. The molecule has 2 aromatic heterocycles. The minimum absolute atomic E-state index is 0.808. The Morgan fingerprint density at radius 3 is 2.77 bits per heavy atom. The summed E-state index contributed by atoms with van der Waals surface area (Å²) in [6.45, 7) is 1.98. The molecule has 13 heavy (non-hydrogen) atoms. The summed E-state index contributed by atoms with van der Waals surface area (Å²) in [6.07, 6.45) is 0. The van der Waals surface area contributed by atoms with Crippen molar-refractivity contribution in [1.82, 2.24) is 4.98 Å². The van der Waals surface area contributed by atoms with Gasteiger partial charge in [-0.1, -0.05) is 6.07 Å². The van der Waals surface area contributed by atoms with Crippen LogP contribution in [0.4, 0.5) is 5.69 Å². The molecule has 0 bridgehead atoms. The first-order valence-electron chi connectivity index (χ1n) is 4.04. The van der Waals surface area contributed by atoms with E-state index in [4.69, 9.17) is 5.73 Å². The van der Waals surface area contributed by atoms with Crippen molar-refractivity contribution in [2.75, 3.05) is 5.73 Å². The number of thiophene rings is 1. The molecule has 0 amide bonds. The minimum atomic E-state index is 0.808. The van der Waals surface area contributed by atoms with Crippen LogP contribution in [0.1, 0.15) is 5.69 Å². The topological polar surface area (TPSA) is 38.9 Å². The molecule has 2 nitrogen and oxygen atoms in total. The van der Waals surface area contributed by atoms with E-state index in [0.717, 1.165) is 22.0 Å². The van der Waals surface area contributed by atoms with E-state index in [1.54, 1.807) is 11.3 Å². The summed E-state index contributed by atoms with van der Waals surface area (Å²) < 4.78 is 0. The van der Waals surface area contributed by atoms with Crippen molar-refractivity contribution in [3.05, 3.63) is 35.3 Å². The summed E-state index contributed by atoms with van der Waals surface area (Å²) in [7, 11) is 0. The number of aromatic nitrogens is 1. The lowest BCUT2D eigenvalue weighted by atomic mass is 10.2. The van der Waals surface area contributed by atoms with E-state index in [-0.39, 0.29) is 0 Å². The van der Waals surface area contributed by atoms with Crippen LogP contribution in [-0.2, 0) is 0 Å². The fourth-order valence-corrected chi connectivity index (χ4v) is 1.99. The normalized spacial score (nSPS) is 10.2. The quantitative estimate of drug-likeness (QED) is 0.751. The second-order valence-electron chi connectivity index (χ2n) is 2.87. The molecule has 0 aliphatic rings. The molecule has 0 saturated carbocycles. The highest BCUT2D eigenvalue weighted by molar-refractivity contribution is 7.14. The zero-order chi connectivity index (χ0) is 9.26. The Balaban J connectivity index is 2.53. The molecular weight excluding hydrogens is 180 g/mol. The summed E-state index contributed by atoms with van der Waals surface area (Å²) in [4.78, 5) is 5.47. The molecular formula is C10H10N2S. The van der Waals surface area contributed by atoms with Gasteiger partial charge in [-0.05, 0) is 30.5 Å². The van der Waals surface area contributed by atoms with Crippen LogP contribution in [0.3, 0.4) is 0 Å². The van der Waals surface area contributed by atoms with Gasteiger partial charge >= 0.3 is 0 Å². The number of hydrogen-bond donors (Lipinski definition) is 1. The number of aryl methyl sites for hydroxylation is 1. The number of rotatable bonds is 1. The number of nitrogens with two attached hydrogens (primary N) is 1. The highest BCUT2D eigenvalue weighted by Crippen LogP contribution is 2.29. The maximum atomic E-state index is 5.79. The Bertz CT molecular complexity index is 420. The van der Waals surface area contributed by atoms with E-state index < -0.39 is 0 Å². The highest BCUT2D eigenvalue weighted by Gasteiger charge is 2.04. The summed E-state index contributed by atoms with van der Waals surface area (Å²) in [6, 6.07) is 7.86. The monoisotopic (exact) mass is 190 g/mol. The van der Waals surface area contributed by atoms with Crippen LogP contribution in [0.5, 0.6) is 0 Å². The SMILES string of the molecule is Cc1cccc(-c2sccc2N)n1. The third-order valence-corrected chi connectivity index (χ3v) is 2.77. The third-order valence-electron chi connectivity index (χ3n) is 1.82. The standard InChI is InChI=1S/C10H10N2S/c1-7-3-2-4-9(12-7)10-8(11)5-6-13-10/h2-6H,11H2,1H3. The molecule has 0 unspecified atom stereocenters. The van der Waals surface area contributed by atoms with Crippen LogP contribution in [0, 0.1) is 6.92 Å². The van der Waals surface area contributed by atoms with Crippen molar-refractivity contribution in [3.8, 4) is 10.6 Å². The van der Waals surface area contributed by atoms with Gasteiger partial charge in [0.15, 0.2) is 0 Å². The lowest BCUT2D eigenvalue weighted by Crippen LogP contribution is -1.88. The number of pyridine rings is 1. The Kier molecular flexibility index (Phi) is 2.02. The van der Waals surface area contributed by atoms with E-state index in [9.17, 15) is 0 Å². The van der Waals surface area contributed by atoms with Crippen molar-refractivity contribution < 1.29 is 0 Å². The molecule has 0 saturated heterocycles. The van der Waals surface area contributed by atoms with E-state index in [2.05, 4.69) is 4.98 Å². The van der Waals surface area contributed by atoms with E-state index in [1.807, 2.05) is 36.6 Å². The van der Waals surface area contributed by atoms with E-state index in [0.29, 0.717) is 0 Å². The predicted octanol–water partition coefficient (Wildman–Crippen LogP) is 2.70. The van der Waals surface area contributed by atoms with Gasteiger partial charge in [0.05, 0.1) is 16.3 Å². The first-order valence-corrected chi connectivity index (χ1v) is 4.92. The molecule has 0 atom stereocenters. The Labute approximate surface area is 81.1 Å². The van der Waals surface area contributed by atoms with Gasteiger partial charge in [0.1, 0.15) is 0 Å². The second-order valence-corrected chi connectivity index (χ2v) is 3.79. The van der Waals surface area contributed by atoms with Gasteiger partial charge < -0.3 is 5.73 Å². The third kappa shape index (κ3) is 1.55. The van der Waals surface area contributed by atoms with Gasteiger partial charge in [0.25, 0.3) is 0 Å². The van der Waals surface area contributed by atoms with Gasteiger partial charge in [-0.15, -0.1) is 11.3 Å². The molecule has 2 heterocycles. The second kappa shape index (κ2) is 3.18. The zero-order valence-corrected chi connectivity index (χ0v) is 8.14. The summed E-state index contributed by atoms with van der Waals surface area (Å²) in [5.74, 6) is 0. The van der Waals surface area contributed by atoms with Gasteiger partial charge in [0, 0.05) is 5.69 Å². The molecule has 0 aliphatic carbocycles. The first-order chi connectivity index (χ1) is 6.27. The number of nitrogens with zero attached hydrogens (tertiary/aromatic N) is 1. The fraction of sp³-hybridized carbons (Fsp3) is 0.100. The lowest BCUT2D eigenvalue weighted by molar-refractivity contribution is 1.21. The average Bonchev–Trinajstić information content (AvgIpc) is 2.51. The van der Waals surface area contributed by atoms with Crippen molar-refractivity contribution >= 4 is 17.0 Å². The molecule has 66 valence electrons. The average molecular weight is 190 g/mol. The van der Waals surface area contributed by atoms with Crippen molar-refractivity contribution in [1.29, 1.82) is 0 Å². The minimum Gasteiger partial charge on any atom is -0.397 e. The summed E-state index contributed by atoms with van der Waals surface area (Å²) in [5, 5.41) is 1.98. The molecule has 0 aliphatic heterocycles. The fourth-order valence-electron chi connectivity index (χ4n) is 1.20. The van der Waals surface area contributed by atoms with Crippen LogP contribution in [-0.4, -0.2) is 4.98 Å². The largest absolute Gasteiger partial charge is 0.397 e. The van der Waals surface area contributed by atoms with Gasteiger partial charge in [-0.3, -0.25) is 4.98 Å². The molecule has 0 fully saturated rings. The number of anilines is 1. The van der Waals surface area contributed by atoms with Crippen molar-refractivity contribution in [2.24, 2.45) is 0 Å². The molecule has 0 aromatic carbocycles. The van der Waals surface area contributed by atoms with Gasteiger partial charge in [0.2, 0.25) is 0 Å². The molecule has 0 spiro atoms. The van der Waals surface area contributed by atoms with Crippen LogP contribution >= 0.6 is 11.3 Å². The molecule has 2 aromatic rings. The van der Waals surface area contributed by atoms with E-state index in [1.165, 1.54) is 0 Å². The molecule has 2 N–H and O–H groups in total. The van der Waals surface area contributed by atoms with Crippen LogP contribution in [0.25, 0.3) is 10.6 Å². The maximum Gasteiger partial charge on any atom is 0.0825 e. The number of nitrogen functional groups attached to an aromatic ring is 1. The molecule has 2 rings (SSSR count). The maximum absolute atomic E-state index is 5.79. The summed E-state index contributed by atoms with van der Waals surface area (Å²) in [5.41, 5.74) is 8.59.